The summed E-state index contributed by atoms with van der Waals surface area (Å²) in [5, 5.41) is 0. The zero-order valence-electron chi connectivity index (χ0n) is 9.98. The maximum atomic E-state index is 5.38. The van der Waals surface area contributed by atoms with Crippen molar-refractivity contribution in [3.63, 3.8) is 0 Å². The van der Waals surface area contributed by atoms with Gasteiger partial charge in [-0.15, -0.1) is 6.58 Å². The van der Waals surface area contributed by atoms with Crippen LogP contribution in [0.25, 0.3) is 0 Å². The van der Waals surface area contributed by atoms with Crippen LogP contribution in [0, 0.1) is 5.41 Å². The van der Waals surface area contributed by atoms with E-state index in [0.717, 1.165) is 25.0 Å². The summed E-state index contributed by atoms with van der Waals surface area (Å²) >= 11 is 1.94. The van der Waals surface area contributed by atoms with Crippen molar-refractivity contribution < 1.29 is 3.07 Å². The zero-order valence-corrected chi connectivity index (χ0v) is 12.1. The molecule has 0 aromatic heterocycles. The summed E-state index contributed by atoms with van der Waals surface area (Å²) in [6.45, 7) is 14.2. The average Bonchev–Trinajstić information content (AvgIpc) is 2.15. The second kappa shape index (κ2) is 7.09. The quantitative estimate of drug-likeness (QED) is 0.283. The zero-order chi connectivity index (χ0) is 11.9. The van der Waals surface area contributed by atoms with E-state index in [1.807, 2.05) is 35.2 Å². The predicted octanol–water partition coefficient (Wildman–Crippen LogP) is 5.20. The molecule has 2 heteroatoms. The lowest BCUT2D eigenvalue weighted by Gasteiger charge is -2.20. The molecule has 0 N–H and O–H groups in total. The molecule has 0 aliphatic carbocycles. The number of halogens is 1. The third-order valence-corrected chi connectivity index (χ3v) is 2.53. The van der Waals surface area contributed by atoms with Gasteiger partial charge in [-0.3, -0.25) is 0 Å². The number of hydrogen-bond donors (Lipinski definition) is 0. The molecular weight excluding hydrogens is 299 g/mol. The van der Waals surface area contributed by atoms with E-state index in [9.17, 15) is 0 Å². The first kappa shape index (κ1) is 14.8. The Bertz CT molecular complexity index is 246. The van der Waals surface area contributed by atoms with Crippen LogP contribution in [0.2, 0.25) is 0 Å². The van der Waals surface area contributed by atoms with Crippen molar-refractivity contribution in [3.05, 3.63) is 36.6 Å². The topological polar surface area (TPSA) is 9.23 Å². The molecule has 0 heterocycles. The average molecular weight is 320 g/mol. The Morgan fingerprint density at radius 1 is 1.33 bits per heavy atom. The van der Waals surface area contributed by atoms with Crippen molar-refractivity contribution in [2.24, 2.45) is 5.41 Å². The molecular formula is C13H21IO. The van der Waals surface area contributed by atoms with Gasteiger partial charge < -0.3 is 3.07 Å². The van der Waals surface area contributed by atoms with Crippen LogP contribution in [0.4, 0.5) is 0 Å². The normalized spacial score (nSPS) is 13.1. The molecule has 0 rings (SSSR count). The summed E-state index contributed by atoms with van der Waals surface area (Å²) in [6.07, 6.45) is 6.66. The molecule has 1 nitrogen and oxygen atoms in total. The highest BCUT2D eigenvalue weighted by Gasteiger charge is 2.15. The highest BCUT2D eigenvalue weighted by atomic mass is 127. The van der Waals surface area contributed by atoms with Gasteiger partial charge in [0.25, 0.3) is 0 Å². The van der Waals surface area contributed by atoms with E-state index < -0.39 is 0 Å². The van der Waals surface area contributed by atoms with E-state index in [-0.39, 0.29) is 5.41 Å². The molecule has 0 aromatic rings. The van der Waals surface area contributed by atoms with Crippen LogP contribution >= 0.6 is 23.0 Å². The van der Waals surface area contributed by atoms with Crippen LogP contribution in [0.3, 0.4) is 0 Å². The summed E-state index contributed by atoms with van der Waals surface area (Å²) in [4.78, 5) is 0. The van der Waals surface area contributed by atoms with E-state index in [1.165, 1.54) is 5.57 Å². The molecule has 15 heavy (non-hydrogen) atoms. The Hall–Kier alpha value is -0.250. The lowest BCUT2D eigenvalue weighted by molar-refractivity contribution is 0.400. The fourth-order valence-electron chi connectivity index (χ4n) is 1.34. The van der Waals surface area contributed by atoms with Crippen molar-refractivity contribution >= 4 is 23.0 Å². The standard InChI is InChI=1S/C13H21IO/c1-6-8-9-12(15-14)11(7-2)10-13(3,4)5/h6-7H,1-2,8-10H2,3-5H3/b12-11-. The lowest BCUT2D eigenvalue weighted by atomic mass is 9.87. The summed E-state index contributed by atoms with van der Waals surface area (Å²) in [6, 6.07) is 0. The molecule has 0 fully saturated rings. The highest BCUT2D eigenvalue weighted by Crippen LogP contribution is 2.29. The van der Waals surface area contributed by atoms with E-state index in [4.69, 9.17) is 3.07 Å². The van der Waals surface area contributed by atoms with Gasteiger partial charge in [0.15, 0.2) is 23.0 Å². The van der Waals surface area contributed by atoms with Crippen LogP contribution < -0.4 is 0 Å². The fraction of sp³-hybridized carbons (Fsp3) is 0.538. The minimum Gasteiger partial charge on any atom is -0.432 e. The van der Waals surface area contributed by atoms with Crippen molar-refractivity contribution in [1.82, 2.24) is 0 Å². The van der Waals surface area contributed by atoms with Gasteiger partial charge in [-0.1, -0.05) is 39.5 Å². The minimum atomic E-state index is 0.262. The monoisotopic (exact) mass is 320 g/mol. The maximum absolute atomic E-state index is 5.38. The molecule has 0 saturated heterocycles. The number of allylic oxidation sites excluding steroid dienone is 4. The Morgan fingerprint density at radius 2 is 1.93 bits per heavy atom. The molecule has 0 atom stereocenters. The Morgan fingerprint density at radius 3 is 2.27 bits per heavy atom. The number of rotatable bonds is 6. The van der Waals surface area contributed by atoms with Crippen LogP contribution in [0.5, 0.6) is 0 Å². The molecule has 0 aliphatic heterocycles. The largest absolute Gasteiger partial charge is 0.432 e. The lowest BCUT2D eigenvalue weighted by Crippen LogP contribution is -2.07. The first-order chi connectivity index (χ1) is 6.94. The molecule has 0 spiro atoms. The molecule has 86 valence electrons. The smallest absolute Gasteiger partial charge is 0.192 e. The molecule has 0 saturated carbocycles. The Balaban J connectivity index is 4.73. The third kappa shape index (κ3) is 6.77. The molecule has 0 radical (unpaired) electrons. The summed E-state index contributed by atoms with van der Waals surface area (Å²) in [5.41, 5.74) is 1.47. The summed E-state index contributed by atoms with van der Waals surface area (Å²) in [7, 11) is 0. The van der Waals surface area contributed by atoms with Gasteiger partial charge in [0.1, 0.15) is 5.76 Å². The van der Waals surface area contributed by atoms with Crippen LogP contribution in [-0.2, 0) is 3.07 Å². The second-order valence-corrected chi connectivity index (χ2v) is 5.23. The molecule has 0 bridgehead atoms. The van der Waals surface area contributed by atoms with Crippen molar-refractivity contribution in [2.75, 3.05) is 0 Å². The van der Waals surface area contributed by atoms with Crippen molar-refractivity contribution in [2.45, 2.75) is 40.0 Å². The number of hydrogen-bond acceptors (Lipinski definition) is 1. The fourth-order valence-corrected chi connectivity index (χ4v) is 1.84. The first-order valence-corrected chi connectivity index (χ1v) is 6.06. The van der Waals surface area contributed by atoms with Gasteiger partial charge in [0.2, 0.25) is 0 Å². The van der Waals surface area contributed by atoms with Crippen LogP contribution in [0.1, 0.15) is 40.0 Å². The van der Waals surface area contributed by atoms with E-state index in [0.29, 0.717) is 0 Å². The van der Waals surface area contributed by atoms with Gasteiger partial charge >= 0.3 is 0 Å². The Kier molecular flexibility index (Phi) is 6.98. The molecule has 0 aliphatic rings. The van der Waals surface area contributed by atoms with Crippen molar-refractivity contribution in [1.29, 1.82) is 0 Å². The molecule has 0 unspecified atom stereocenters. The van der Waals surface area contributed by atoms with E-state index >= 15 is 0 Å². The highest BCUT2D eigenvalue weighted by molar-refractivity contribution is 14.1. The Labute approximate surface area is 108 Å². The SMILES string of the molecule is C=CCC/C(OI)=C(\C=C)CC(C)(C)C. The first-order valence-electron chi connectivity index (χ1n) is 5.18. The van der Waals surface area contributed by atoms with E-state index in [2.05, 4.69) is 33.9 Å². The van der Waals surface area contributed by atoms with Crippen LogP contribution in [0.15, 0.2) is 36.6 Å². The van der Waals surface area contributed by atoms with Gasteiger partial charge in [0.05, 0.1) is 0 Å². The minimum absolute atomic E-state index is 0.262. The van der Waals surface area contributed by atoms with Gasteiger partial charge in [0, 0.05) is 6.42 Å². The molecule has 0 aromatic carbocycles. The van der Waals surface area contributed by atoms with Gasteiger partial charge in [-0.2, -0.15) is 0 Å². The maximum Gasteiger partial charge on any atom is 0.192 e. The third-order valence-electron chi connectivity index (χ3n) is 1.99. The van der Waals surface area contributed by atoms with Gasteiger partial charge in [-0.05, 0) is 23.8 Å². The summed E-state index contributed by atoms with van der Waals surface area (Å²) < 4.78 is 5.38. The van der Waals surface area contributed by atoms with Crippen LogP contribution in [-0.4, -0.2) is 0 Å². The second-order valence-electron chi connectivity index (χ2n) is 4.79. The summed E-state index contributed by atoms with van der Waals surface area (Å²) in [5.74, 6) is 1.03. The van der Waals surface area contributed by atoms with E-state index in [1.54, 1.807) is 0 Å². The predicted molar refractivity (Wildman–Crippen MR) is 75.8 cm³/mol. The molecule has 0 amide bonds. The van der Waals surface area contributed by atoms with Crippen molar-refractivity contribution in [3.8, 4) is 0 Å². The van der Waals surface area contributed by atoms with Gasteiger partial charge in [-0.25, -0.2) is 0 Å².